The van der Waals surface area contributed by atoms with Crippen LogP contribution < -0.4 is 5.32 Å². The second-order valence-corrected chi connectivity index (χ2v) is 7.29. The van der Waals surface area contributed by atoms with Crippen LogP contribution >= 0.6 is 47.8 Å². The minimum Gasteiger partial charge on any atom is -0.310 e. The van der Waals surface area contributed by atoms with Crippen LogP contribution in [0.4, 0.5) is 0 Å². The van der Waals surface area contributed by atoms with Crippen LogP contribution in [0.3, 0.4) is 0 Å². The van der Waals surface area contributed by atoms with Crippen molar-refractivity contribution in [3.63, 3.8) is 0 Å². The Morgan fingerprint density at radius 2 is 1.60 bits per heavy atom. The van der Waals surface area contributed by atoms with Crippen molar-refractivity contribution in [2.24, 2.45) is 0 Å². The summed E-state index contributed by atoms with van der Waals surface area (Å²) < 4.78 is 3.34. The Kier molecular flexibility index (Phi) is 6.27. The van der Waals surface area contributed by atoms with Gasteiger partial charge in [-0.15, -0.1) is 0 Å². The topological polar surface area (TPSA) is 12.0 Å². The fourth-order valence-corrected chi connectivity index (χ4v) is 3.77. The number of hydrogen-bond donors (Lipinski definition) is 1. The van der Waals surface area contributed by atoms with Gasteiger partial charge in [0.2, 0.25) is 0 Å². The smallest absolute Gasteiger partial charge is 0.0372 e. The van der Waals surface area contributed by atoms with E-state index in [9.17, 15) is 0 Å². The predicted molar refractivity (Wildman–Crippen MR) is 96.1 cm³/mol. The van der Waals surface area contributed by atoms with Crippen molar-refractivity contribution in [1.82, 2.24) is 5.32 Å². The average molecular weight is 462 g/mol. The quantitative estimate of drug-likeness (QED) is 0.587. The lowest BCUT2D eigenvalue weighted by Crippen LogP contribution is -2.23. The molecule has 0 bridgehead atoms. The van der Waals surface area contributed by atoms with Crippen molar-refractivity contribution < 1.29 is 0 Å². The molecule has 20 heavy (non-hydrogen) atoms. The summed E-state index contributed by atoms with van der Waals surface area (Å²) >= 11 is 10.6. The third kappa shape index (κ3) is 4.42. The van der Waals surface area contributed by atoms with E-state index >= 15 is 0 Å². The largest absolute Gasteiger partial charge is 0.310 e. The minimum atomic E-state index is 0.309. The third-order valence-electron chi connectivity index (χ3n) is 3.14. The summed E-state index contributed by atoms with van der Waals surface area (Å²) in [5.41, 5.74) is 2.62. The van der Waals surface area contributed by atoms with Gasteiger partial charge in [-0.1, -0.05) is 72.9 Å². The molecule has 4 heteroatoms. The molecule has 0 amide bonds. The van der Waals surface area contributed by atoms with Crippen LogP contribution in [-0.2, 0) is 6.42 Å². The number of hydrogen-bond acceptors (Lipinski definition) is 1. The highest BCUT2D eigenvalue weighted by Gasteiger charge is 2.14. The monoisotopic (exact) mass is 459 g/mol. The highest BCUT2D eigenvalue weighted by Crippen LogP contribution is 2.29. The number of benzene rings is 2. The van der Waals surface area contributed by atoms with E-state index < -0.39 is 0 Å². The molecule has 0 aromatic heterocycles. The molecule has 1 unspecified atom stereocenters. The fraction of sp³-hybridized carbons (Fsp3) is 0.250. The van der Waals surface area contributed by atoms with Crippen LogP contribution in [0.1, 0.15) is 24.1 Å². The number of nitrogens with one attached hydrogen (secondary N) is 1. The molecular weight excluding hydrogens is 446 g/mol. The third-order valence-corrected chi connectivity index (χ3v) is 4.85. The molecule has 0 fully saturated rings. The normalized spacial score (nSPS) is 12.4. The zero-order valence-corrected chi connectivity index (χ0v) is 15.9. The van der Waals surface area contributed by atoms with E-state index in [0.717, 1.165) is 26.4 Å². The van der Waals surface area contributed by atoms with Gasteiger partial charge in [-0.05, 0) is 48.4 Å². The van der Waals surface area contributed by atoms with Crippen molar-refractivity contribution in [3.8, 4) is 0 Å². The van der Waals surface area contributed by atoms with E-state index in [2.05, 4.69) is 102 Å². The van der Waals surface area contributed by atoms with Crippen LogP contribution in [-0.4, -0.2) is 6.54 Å². The van der Waals surface area contributed by atoms with Crippen LogP contribution in [0.5, 0.6) is 0 Å². The molecule has 0 heterocycles. The fourth-order valence-electron chi connectivity index (χ4n) is 2.18. The van der Waals surface area contributed by atoms with Crippen molar-refractivity contribution >= 4 is 47.8 Å². The first-order valence-corrected chi connectivity index (χ1v) is 8.91. The standard InChI is InChI=1S/C16H16Br3N/c1-2-20-16(9-11-3-5-12(17)6-4-11)14-8-7-13(18)10-15(14)19/h3-8,10,16,20H,2,9H2,1H3. The zero-order valence-electron chi connectivity index (χ0n) is 11.2. The predicted octanol–water partition coefficient (Wildman–Crippen LogP) is 5.87. The first-order valence-electron chi connectivity index (χ1n) is 6.53. The van der Waals surface area contributed by atoms with Crippen LogP contribution in [0.15, 0.2) is 55.9 Å². The summed E-state index contributed by atoms with van der Waals surface area (Å²) in [6, 6.07) is 15.2. The lowest BCUT2D eigenvalue weighted by Gasteiger charge is -2.20. The molecule has 106 valence electrons. The summed E-state index contributed by atoms with van der Waals surface area (Å²) in [6.45, 7) is 3.09. The minimum absolute atomic E-state index is 0.309. The molecule has 1 atom stereocenters. The second kappa shape index (κ2) is 7.74. The van der Waals surface area contributed by atoms with Gasteiger partial charge >= 0.3 is 0 Å². The molecule has 0 radical (unpaired) electrons. The molecule has 0 aliphatic carbocycles. The highest BCUT2D eigenvalue weighted by atomic mass is 79.9. The molecule has 0 saturated carbocycles. The molecule has 0 saturated heterocycles. The van der Waals surface area contributed by atoms with Gasteiger partial charge < -0.3 is 5.32 Å². The van der Waals surface area contributed by atoms with Gasteiger partial charge in [0.25, 0.3) is 0 Å². The van der Waals surface area contributed by atoms with Crippen LogP contribution in [0, 0.1) is 0 Å². The Labute approximate surface area is 145 Å². The second-order valence-electron chi connectivity index (χ2n) is 4.61. The summed E-state index contributed by atoms with van der Waals surface area (Å²) in [4.78, 5) is 0. The highest BCUT2D eigenvalue weighted by molar-refractivity contribution is 9.11. The SMILES string of the molecule is CCNC(Cc1ccc(Br)cc1)c1ccc(Br)cc1Br. The number of rotatable bonds is 5. The van der Waals surface area contributed by atoms with Gasteiger partial charge in [0, 0.05) is 19.5 Å². The molecule has 2 rings (SSSR count). The van der Waals surface area contributed by atoms with Gasteiger partial charge in [-0.3, -0.25) is 0 Å². The van der Waals surface area contributed by atoms with E-state index in [1.54, 1.807) is 0 Å². The number of likely N-dealkylation sites (N-methyl/N-ethyl adjacent to an activating group) is 1. The lowest BCUT2D eigenvalue weighted by molar-refractivity contribution is 0.548. The van der Waals surface area contributed by atoms with Crippen molar-refractivity contribution in [3.05, 3.63) is 67.0 Å². The zero-order chi connectivity index (χ0) is 14.5. The molecular formula is C16H16Br3N. The Hall–Kier alpha value is -0.160. The van der Waals surface area contributed by atoms with Gasteiger partial charge in [0.1, 0.15) is 0 Å². The molecule has 1 nitrogen and oxygen atoms in total. The Morgan fingerprint density at radius 1 is 0.950 bits per heavy atom. The van der Waals surface area contributed by atoms with Gasteiger partial charge in [-0.2, -0.15) is 0 Å². The van der Waals surface area contributed by atoms with Gasteiger partial charge in [-0.25, -0.2) is 0 Å². The molecule has 0 aliphatic rings. The molecule has 0 aliphatic heterocycles. The Bertz CT molecular complexity index is 566. The number of halogens is 3. The van der Waals surface area contributed by atoms with Gasteiger partial charge in [0.15, 0.2) is 0 Å². The van der Waals surface area contributed by atoms with E-state index in [1.807, 2.05) is 0 Å². The van der Waals surface area contributed by atoms with Crippen LogP contribution in [0.2, 0.25) is 0 Å². The maximum atomic E-state index is 3.67. The summed E-state index contributed by atoms with van der Waals surface area (Å²) in [7, 11) is 0. The van der Waals surface area contributed by atoms with E-state index in [4.69, 9.17) is 0 Å². The maximum absolute atomic E-state index is 3.67. The van der Waals surface area contributed by atoms with Gasteiger partial charge in [0.05, 0.1) is 0 Å². The van der Waals surface area contributed by atoms with Crippen molar-refractivity contribution in [2.75, 3.05) is 6.54 Å². The maximum Gasteiger partial charge on any atom is 0.0372 e. The molecule has 2 aromatic rings. The van der Waals surface area contributed by atoms with E-state index in [1.165, 1.54) is 11.1 Å². The van der Waals surface area contributed by atoms with E-state index in [-0.39, 0.29) is 0 Å². The van der Waals surface area contributed by atoms with E-state index in [0.29, 0.717) is 6.04 Å². The first-order chi connectivity index (χ1) is 9.60. The lowest BCUT2D eigenvalue weighted by atomic mass is 9.99. The van der Waals surface area contributed by atoms with Crippen LogP contribution in [0.25, 0.3) is 0 Å². The molecule has 0 spiro atoms. The van der Waals surface area contributed by atoms with Crippen molar-refractivity contribution in [1.29, 1.82) is 0 Å². The Balaban J connectivity index is 2.24. The summed E-state index contributed by atoms with van der Waals surface area (Å²) in [6.07, 6.45) is 0.974. The molecule has 1 N–H and O–H groups in total. The molecule has 2 aromatic carbocycles. The average Bonchev–Trinajstić information content (AvgIpc) is 2.41. The first kappa shape index (κ1) is 16.2. The summed E-state index contributed by atoms with van der Waals surface area (Å²) in [5.74, 6) is 0. The van der Waals surface area contributed by atoms with Crippen molar-refractivity contribution in [2.45, 2.75) is 19.4 Å². The summed E-state index contributed by atoms with van der Waals surface area (Å²) in [5, 5.41) is 3.57. The Morgan fingerprint density at radius 3 is 2.20 bits per heavy atom.